The van der Waals surface area contributed by atoms with Crippen molar-refractivity contribution in [3.8, 4) is 0 Å². The van der Waals surface area contributed by atoms with E-state index in [4.69, 9.17) is 4.74 Å². The van der Waals surface area contributed by atoms with Gasteiger partial charge >= 0.3 is 0 Å². The zero-order chi connectivity index (χ0) is 8.10. The van der Waals surface area contributed by atoms with Crippen molar-refractivity contribution in [1.82, 2.24) is 5.32 Å². The number of hydrogen-bond donors (Lipinski definition) is 1. The number of ether oxygens (including phenoxy) is 1. The van der Waals surface area contributed by atoms with Crippen molar-refractivity contribution in [3.05, 3.63) is 0 Å². The molecule has 1 atom stereocenters. The quantitative estimate of drug-likeness (QED) is 0.635. The average molecular weight is 157 g/mol. The first kappa shape index (κ1) is 8.53. The highest BCUT2D eigenvalue weighted by Gasteiger charge is 2.19. The normalized spacial score (nSPS) is 25.9. The summed E-state index contributed by atoms with van der Waals surface area (Å²) in [7, 11) is 1.64. The van der Waals surface area contributed by atoms with Crippen molar-refractivity contribution >= 4 is 5.91 Å². The van der Waals surface area contributed by atoms with Crippen LogP contribution in [-0.2, 0) is 9.53 Å². The molecule has 1 aliphatic rings. The Morgan fingerprint density at radius 1 is 1.64 bits per heavy atom. The first-order valence-corrected chi connectivity index (χ1v) is 4.11. The van der Waals surface area contributed by atoms with E-state index in [9.17, 15) is 4.79 Å². The molecule has 1 saturated heterocycles. The molecule has 0 saturated carbocycles. The minimum absolute atomic E-state index is 0.0856. The number of amides is 1. The lowest BCUT2D eigenvalue weighted by atomic mass is 10.0. The molecular formula is C8H15NO2. The summed E-state index contributed by atoms with van der Waals surface area (Å²) in [5, 5.41) is 2.86. The fourth-order valence-electron chi connectivity index (χ4n) is 1.36. The Labute approximate surface area is 67.1 Å². The van der Waals surface area contributed by atoms with E-state index in [1.54, 1.807) is 7.11 Å². The molecule has 3 heteroatoms. The van der Waals surface area contributed by atoms with Gasteiger partial charge in [0.1, 0.15) is 0 Å². The highest BCUT2D eigenvalue weighted by Crippen LogP contribution is 2.11. The zero-order valence-corrected chi connectivity index (χ0v) is 6.93. The van der Waals surface area contributed by atoms with Gasteiger partial charge in [-0.3, -0.25) is 4.79 Å². The van der Waals surface area contributed by atoms with E-state index in [1.807, 2.05) is 0 Å². The monoisotopic (exact) mass is 157 g/mol. The van der Waals surface area contributed by atoms with Crippen LogP contribution in [0.1, 0.15) is 19.3 Å². The Hall–Kier alpha value is -0.570. The van der Waals surface area contributed by atoms with Crippen LogP contribution in [0, 0.1) is 5.92 Å². The van der Waals surface area contributed by atoms with Crippen LogP contribution in [0.25, 0.3) is 0 Å². The average Bonchev–Trinajstić information content (AvgIpc) is 2.18. The standard InChI is InChI=1S/C8H15NO2/c1-11-6-7-4-2-3-5-9-8(7)10/h7H,2-6H2,1H3,(H,9,10)/t7-/m1/s1. The van der Waals surface area contributed by atoms with Crippen LogP contribution in [0.4, 0.5) is 0 Å². The van der Waals surface area contributed by atoms with Crippen molar-refractivity contribution in [2.45, 2.75) is 19.3 Å². The molecule has 0 unspecified atom stereocenters. The van der Waals surface area contributed by atoms with Gasteiger partial charge in [-0.25, -0.2) is 0 Å². The van der Waals surface area contributed by atoms with Crippen molar-refractivity contribution in [2.24, 2.45) is 5.92 Å². The second kappa shape index (κ2) is 4.34. The largest absolute Gasteiger partial charge is 0.384 e. The zero-order valence-electron chi connectivity index (χ0n) is 6.93. The number of carbonyl (C=O) groups is 1. The maximum Gasteiger partial charge on any atom is 0.225 e. The molecule has 64 valence electrons. The lowest BCUT2D eigenvalue weighted by molar-refractivity contribution is -0.126. The van der Waals surface area contributed by atoms with Gasteiger partial charge in [0.2, 0.25) is 5.91 Å². The molecule has 0 aromatic rings. The van der Waals surface area contributed by atoms with E-state index in [0.29, 0.717) is 6.61 Å². The predicted octanol–water partition coefficient (Wildman–Crippen LogP) is 0.549. The number of nitrogens with one attached hydrogen (secondary N) is 1. The van der Waals surface area contributed by atoms with Crippen molar-refractivity contribution < 1.29 is 9.53 Å². The summed E-state index contributed by atoms with van der Waals surface area (Å²) in [5.41, 5.74) is 0. The first-order chi connectivity index (χ1) is 5.34. The summed E-state index contributed by atoms with van der Waals surface area (Å²) >= 11 is 0. The van der Waals surface area contributed by atoms with E-state index in [1.165, 1.54) is 0 Å². The Morgan fingerprint density at radius 3 is 3.18 bits per heavy atom. The summed E-state index contributed by atoms with van der Waals surface area (Å²) in [5.74, 6) is 0.242. The van der Waals surface area contributed by atoms with Crippen molar-refractivity contribution in [3.63, 3.8) is 0 Å². The second-order valence-electron chi connectivity index (χ2n) is 2.94. The summed E-state index contributed by atoms with van der Waals surface area (Å²) in [6.45, 7) is 1.39. The third-order valence-electron chi connectivity index (χ3n) is 2.02. The molecule has 1 rings (SSSR count). The maximum absolute atomic E-state index is 11.2. The highest BCUT2D eigenvalue weighted by molar-refractivity contribution is 5.78. The molecule has 1 heterocycles. The molecule has 0 aliphatic carbocycles. The molecular weight excluding hydrogens is 142 g/mol. The van der Waals surface area contributed by atoms with Crippen LogP contribution in [-0.4, -0.2) is 26.2 Å². The summed E-state index contributed by atoms with van der Waals surface area (Å²) in [6, 6.07) is 0. The Bertz CT molecular complexity index is 136. The predicted molar refractivity (Wildman–Crippen MR) is 42.2 cm³/mol. The van der Waals surface area contributed by atoms with E-state index < -0.39 is 0 Å². The van der Waals surface area contributed by atoms with Gasteiger partial charge in [-0.15, -0.1) is 0 Å². The highest BCUT2D eigenvalue weighted by atomic mass is 16.5. The fourth-order valence-corrected chi connectivity index (χ4v) is 1.36. The second-order valence-corrected chi connectivity index (χ2v) is 2.94. The van der Waals surface area contributed by atoms with E-state index in [-0.39, 0.29) is 11.8 Å². The third kappa shape index (κ3) is 2.50. The molecule has 1 amide bonds. The van der Waals surface area contributed by atoms with Crippen molar-refractivity contribution in [2.75, 3.05) is 20.3 Å². The maximum atomic E-state index is 11.2. The third-order valence-corrected chi connectivity index (χ3v) is 2.02. The SMILES string of the molecule is COC[C@H]1CCCCNC1=O. The summed E-state index contributed by atoms with van der Waals surface area (Å²) in [6.07, 6.45) is 3.21. The molecule has 0 bridgehead atoms. The van der Waals surface area contributed by atoms with Gasteiger partial charge in [0.25, 0.3) is 0 Å². The van der Waals surface area contributed by atoms with Crippen LogP contribution in [0.5, 0.6) is 0 Å². The molecule has 1 fully saturated rings. The van der Waals surface area contributed by atoms with E-state index in [0.717, 1.165) is 25.8 Å². The minimum Gasteiger partial charge on any atom is -0.384 e. The molecule has 3 nitrogen and oxygen atoms in total. The Morgan fingerprint density at radius 2 is 2.45 bits per heavy atom. The number of rotatable bonds is 2. The molecule has 11 heavy (non-hydrogen) atoms. The van der Waals surface area contributed by atoms with Crippen LogP contribution in [0.2, 0.25) is 0 Å². The number of carbonyl (C=O) groups excluding carboxylic acids is 1. The van der Waals surface area contributed by atoms with Gasteiger partial charge in [0.15, 0.2) is 0 Å². The topological polar surface area (TPSA) is 38.3 Å². The van der Waals surface area contributed by atoms with Crippen LogP contribution < -0.4 is 5.32 Å². The lowest BCUT2D eigenvalue weighted by Gasteiger charge is -2.10. The molecule has 1 N–H and O–H groups in total. The number of methoxy groups -OCH3 is 1. The molecule has 0 spiro atoms. The molecule has 0 radical (unpaired) electrons. The summed E-state index contributed by atoms with van der Waals surface area (Å²) < 4.78 is 4.95. The van der Waals surface area contributed by atoms with Gasteiger partial charge in [-0.1, -0.05) is 6.42 Å². The fraction of sp³-hybridized carbons (Fsp3) is 0.875. The van der Waals surface area contributed by atoms with Crippen LogP contribution >= 0.6 is 0 Å². The van der Waals surface area contributed by atoms with Gasteiger partial charge in [-0.2, -0.15) is 0 Å². The van der Waals surface area contributed by atoms with Crippen LogP contribution in [0.3, 0.4) is 0 Å². The Kier molecular flexibility index (Phi) is 3.36. The van der Waals surface area contributed by atoms with Gasteiger partial charge in [0, 0.05) is 13.7 Å². The first-order valence-electron chi connectivity index (χ1n) is 4.11. The summed E-state index contributed by atoms with van der Waals surface area (Å²) in [4.78, 5) is 11.2. The lowest BCUT2D eigenvalue weighted by Crippen LogP contribution is -2.31. The van der Waals surface area contributed by atoms with Gasteiger partial charge in [0.05, 0.1) is 12.5 Å². The van der Waals surface area contributed by atoms with E-state index >= 15 is 0 Å². The molecule has 0 aromatic heterocycles. The number of hydrogen-bond acceptors (Lipinski definition) is 2. The van der Waals surface area contributed by atoms with Crippen molar-refractivity contribution in [1.29, 1.82) is 0 Å². The molecule has 0 aromatic carbocycles. The van der Waals surface area contributed by atoms with Crippen LogP contribution in [0.15, 0.2) is 0 Å². The molecule has 1 aliphatic heterocycles. The smallest absolute Gasteiger partial charge is 0.225 e. The van der Waals surface area contributed by atoms with Gasteiger partial charge < -0.3 is 10.1 Å². The van der Waals surface area contributed by atoms with E-state index in [2.05, 4.69) is 5.32 Å². The Balaban J connectivity index is 2.39. The minimum atomic E-state index is 0.0856. The van der Waals surface area contributed by atoms with Gasteiger partial charge in [-0.05, 0) is 12.8 Å².